The monoisotopic (exact) mass is 230 g/mol. The van der Waals surface area contributed by atoms with Crippen LogP contribution in [-0.4, -0.2) is 6.29 Å². The quantitative estimate of drug-likeness (QED) is 0.597. The summed E-state index contributed by atoms with van der Waals surface area (Å²) >= 11 is 0. The molecule has 0 amide bonds. The zero-order chi connectivity index (χ0) is 11.4. The number of hydrogen-bond acceptors (Lipinski definition) is 2. The number of carbonyl (C=O) groups is 1. The molecule has 80 valence electrons. The van der Waals surface area contributed by atoms with E-state index in [2.05, 4.69) is 0 Å². The van der Waals surface area contributed by atoms with Crippen LogP contribution in [0.5, 0.6) is 0 Å². The molecule has 0 aliphatic rings. The van der Waals surface area contributed by atoms with Crippen molar-refractivity contribution in [2.45, 2.75) is 0 Å². The lowest BCUT2D eigenvalue weighted by molar-refractivity contribution is 0.112. The molecule has 0 bridgehead atoms. The SMILES string of the molecule is O=Cc1ccc([PH](=O)c2ccccc2)cc1. The zero-order valence-electron chi connectivity index (χ0n) is 8.59. The summed E-state index contributed by atoms with van der Waals surface area (Å²) in [5.41, 5.74) is 0.603. The molecule has 0 spiro atoms. The summed E-state index contributed by atoms with van der Waals surface area (Å²) in [6.07, 6.45) is 0.781. The largest absolute Gasteiger partial charge is 0.317 e. The van der Waals surface area contributed by atoms with Gasteiger partial charge in [-0.1, -0.05) is 54.6 Å². The fraction of sp³-hybridized carbons (Fsp3) is 0. The van der Waals surface area contributed by atoms with E-state index in [4.69, 9.17) is 0 Å². The highest BCUT2D eigenvalue weighted by molar-refractivity contribution is 7.61. The molecule has 16 heavy (non-hydrogen) atoms. The topological polar surface area (TPSA) is 34.1 Å². The van der Waals surface area contributed by atoms with Gasteiger partial charge in [0.05, 0.1) is 0 Å². The average molecular weight is 230 g/mol. The molecule has 0 saturated carbocycles. The lowest BCUT2D eigenvalue weighted by Gasteiger charge is -2.02. The van der Waals surface area contributed by atoms with Gasteiger partial charge in [0.25, 0.3) is 0 Å². The maximum Gasteiger partial charge on any atom is 0.150 e. The van der Waals surface area contributed by atoms with Crippen molar-refractivity contribution in [3.63, 3.8) is 0 Å². The minimum Gasteiger partial charge on any atom is -0.317 e. The van der Waals surface area contributed by atoms with E-state index in [-0.39, 0.29) is 0 Å². The third-order valence-corrected chi connectivity index (χ3v) is 4.06. The number of hydrogen-bond donors (Lipinski definition) is 0. The second-order valence-corrected chi connectivity index (χ2v) is 5.25. The van der Waals surface area contributed by atoms with Crippen LogP contribution in [0.2, 0.25) is 0 Å². The number of carbonyl (C=O) groups excluding carboxylic acids is 1. The maximum absolute atomic E-state index is 12.1. The van der Waals surface area contributed by atoms with Crippen molar-refractivity contribution < 1.29 is 9.36 Å². The molecule has 0 aromatic heterocycles. The van der Waals surface area contributed by atoms with E-state index in [1.165, 1.54) is 0 Å². The van der Waals surface area contributed by atoms with Crippen molar-refractivity contribution in [1.29, 1.82) is 0 Å². The summed E-state index contributed by atoms with van der Waals surface area (Å²) in [7, 11) is -1.94. The summed E-state index contributed by atoms with van der Waals surface area (Å²) in [4.78, 5) is 10.5. The predicted octanol–water partition coefficient (Wildman–Crippen LogP) is 2.01. The van der Waals surface area contributed by atoms with Crippen molar-refractivity contribution in [1.82, 2.24) is 0 Å². The van der Waals surface area contributed by atoms with Crippen molar-refractivity contribution >= 4 is 24.7 Å². The lowest BCUT2D eigenvalue weighted by atomic mass is 10.2. The standard InChI is InChI=1S/C13H11O2P/c14-10-11-6-8-13(9-7-11)16(15)12-4-2-1-3-5-12/h1-10,16H. The molecule has 0 saturated heterocycles. The molecular formula is C13H11O2P. The van der Waals surface area contributed by atoms with Crippen LogP contribution in [0.25, 0.3) is 0 Å². The molecule has 1 unspecified atom stereocenters. The van der Waals surface area contributed by atoms with E-state index >= 15 is 0 Å². The third kappa shape index (κ3) is 2.29. The normalized spacial score (nSPS) is 12.0. The van der Waals surface area contributed by atoms with Crippen LogP contribution in [0.15, 0.2) is 54.6 Å². The van der Waals surface area contributed by atoms with Gasteiger partial charge in [-0.2, -0.15) is 0 Å². The highest BCUT2D eigenvalue weighted by Gasteiger charge is 2.05. The van der Waals surface area contributed by atoms with Gasteiger partial charge in [0.15, 0.2) is 0 Å². The molecule has 1 atom stereocenters. The maximum atomic E-state index is 12.1. The van der Waals surface area contributed by atoms with Gasteiger partial charge in [0.2, 0.25) is 0 Å². The predicted molar refractivity (Wildman–Crippen MR) is 66.5 cm³/mol. The van der Waals surface area contributed by atoms with E-state index < -0.39 is 7.80 Å². The molecule has 2 nitrogen and oxygen atoms in total. The molecule has 0 aliphatic heterocycles. The first-order valence-corrected chi connectivity index (χ1v) is 6.37. The number of rotatable bonds is 3. The first kappa shape index (κ1) is 10.8. The van der Waals surface area contributed by atoms with E-state index in [0.29, 0.717) is 5.56 Å². The molecule has 0 radical (unpaired) electrons. The average Bonchev–Trinajstić information content (AvgIpc) is 2.39. The van der Waals surface area contributed by atoms with E-state index in [1.807, 2.05) is 30.3 Å². The van der Waals surface area contributed by atoms with Crippen LogP contribution in [0.4, 0.5) is 0 Å². The van der Waals surface area contributed by atoms with Crippen LogP contribution in [0.1, 0.15) is 10.4 Å². The van der Waals surface area contributed by atoms with Crippen LogP contribution < -0.4 is 10.6 Å². The zero-order valence-corrected chi connectivity index (χ0v) is 9.59. The molecule has 0 fully saturated rings. The minimum absolute atomic E-state index is 0.603. The first-order chi connectivity index (χ1) is 7.81. The van der Waals surface area contributed by atoms with Crippen molar-refractivity contribution in [2.24, 2.45) is 0 Å². The van der Waals surface area contributed by atoms with Gasteiger partial charge < -0.3 is 4.57 Å². The van der Waals surface area contributed by atoms with Crippen molar-refractivity contribution in [2.75, 3.05) is 0 Å². The molecule has 2 aromatic carbocycles. The second-order valence-electron chi connectivity index (χ2n) is 3.44. The van der Waals surface area contributed by atoms with Crippen molar-refractivity contribution in [3.05, 3.63) is 60.2 Å². The van der Waals surface area contributed by atoms with Gasteiger partial charge >= 0.3 is 0 Å². The smallest absolute Gasteiger partial charge is 0.150 e. The van der Waals surface area contributed by atoms with E-state index in [0.717, 1.165) is 16.9 Å². The number of benzene rings is 2. The fourth-order valence-electron chi connectivity index (χ4n) is 1.47. The van der Waals surface area contributed by atoms with Crippen LogP contribution in [-0.2, 0) is 4.57 Å². The minimum atomic E-state index is -1.94. The third-order valence-electron chi connectivity index (χ3n) is 2.34. The summed E-state index contributed by atoms with van der Waals surface area (Å²) in [6, 6.07) is 16.2. The van der Waals surface area contributed by atoms with Gasteiger partial charge in [-0.25, -0.2) is 0 Å². The van der Waals surface area contributed by atoms with Crippen LogP contribution >= 0.6 is 7.80 Å². The van der Waals surface area contributed by atoms with Gasteiger partial charge in [0.1, 0.15) is 14.1 Å². The second kappa shape index (κ2) is 4.91. The van der Waals surface area contributed by atoms with E-state index in [1.54, 1.807) is 24.3 Å². The van der Waals surface area contributed by atoms with Gasteiger partial charge in [-0.15, -0.1) is 0 Å². The molecule has 2 rings (SSSR count). The first-order valence-electron chi connectivity index (χ1n) is 4.96. The lowest BCUT2D eigenvalue weighted by Crippen LogP contribution is -2.05. The van der Waals surface area contributed by atoms with Gasteiger partial charge in [-0.3, -0.25) is 4.79 Å². The molecule has 0 N–H and O–H groups in total. The fourth-order valence-corrected chi connectivity index (χ4v) is 2.77. The highest BCUT2D eigenvalue weighted by Crippen LogP contribution is 2.18. The van der Waals surface area contributed by atoms with Crippen LogP contribution in [0.3, 0.4) is 0 Å². The Bertz CT molecular complexity index is 503. The molecule has 0 heterocycles. The Hall–Kier alpha value is -1.66. The summed E-state index contributed by atoms with van der Waals surface area (Å²) in [6.45, 7) is 0. The van der Waals surface area contributed by atoms with Crippen molar-refractivity contribution in [3.8, 4) is 0 Å². The molecule has 0 aliphatic carbocycles. The van der Waals surface area contributed by atoms with Gasteiger partial charge in [0, 0.05) is 16.2 Å². The Morgan fingerprint density at radius 1 is 0.812 bits per heavy atom. The Kier molecular flexibility index (Phi) is 3.33. The van der Waals surface area contributed by atoms with Crippen LogP contribution in [0, 0.1) is 0 Å². The Morgan fingerprint density at radius 2 is 1.38 bits per heavy atom. The number of aldehydes is 1. The summed E-state index contributed by atoms with van der Waals surface area (Å²) < 4.78 is 12.1. The summed E-state index contributed by atoms with van der Waals surface area (Å²) in [5, 5.41) is 1.62. The molecular weight excluding hydrogens is 219 g/mol. The Balaban J connectivity index is 2.31. The Morgan fingerprint density at radius 3 is 1.94 bits per heavy atom. The Labute approximate surface area is 94.7 Å². The summed E-state index contributed by atoms with van der Waals surface area (Å²) in [5.74, 6) is 0. The van der Waals surface area contributed by atoms with E-state index in [9.17, 15) is 9.36 Å². The molecule has 2 aromatic rings. The molecule has 3 heteroatoms. The highest BCUT2D eigenvalue weighted by atomic mass is 31.1. The van der Waals surface area contributed by atoms with Gasteiger partial charge in [-0.05, 0) is 0 Å².